The average Bonchev–Trinajstić information content (AvgIpc) is 2.77. The minimum atomic E-state index is -0.576. The molecule has 32 heavy (non-hydrogen) atoms. The molecule has 1 unspecified atom stereocenters. The van der Waals surface area contributed by atoms with Crippen LogP contribution >= 0.6 is 0 Å². The summed E-state index contributed by atoms with van der Waals surface area (Å²) in [6.07, 6.45) is 1.94. The second-order valence-corrected chi connectivity index (χ2v) is 7.84. The van der Waals surface area contributed by atoms with Gasteiger partial charge in [0.15, 0.2) is 17.3 Å². The molecular weight excluding hydrogens is 411 g/mol. The Morgan fingerprint density at radius 2 is 1.88 bits per heavy atom. The van der Waals surface area contributed by atoms with E-state index in [4.69, 9.17) is 9.47 Å². The van der Waals surface area contributed by atoms with Gasteiger partial charge < -0.3 is 20.1 Å². The maximum atomic E-state index is 13.7. The van der Waals surface area contributed by atoms with Crippen LogP contribution in [-0.2, 0) is 9.59 Å². The van der Waals surface area contributed by atoms with Gasteiger partial charge in [-0.05, 0) is 55.7 Å². The van der Waals surface area contributed by atoms with Crippen LogP contribution in [0.15, 0.2) is 65.0 Å². The summed E-state index contributed by atoms with van der Waals surface area (Å²) in [6, 6.07) is 11.1. The molecule has 2 aromatic rings. The highest BCUT2D eigenvalue weighted by Crippen LogP contribution is 2.44. The predicted molar refractivity (Wildman–Crippen MR) is 119 cm³/mol. The summed E-state index contributed by atoms with van der Waals surface area (Å²) in [7, 11) is 3.09. The maximum absolute atomic E-state index is 13.7. The van der Waals surface area contributed by atoms with Gasteiger partial charge in [-0.25, -0.2) is 4.39 Å². The summed E-state index contributed by atoms with van der Waals surface area (Å²) in [5.41, 5.74) is 3.61. The van der Waals surface area contributed by atoms with Crippen molar-refractivity contribution in [2.45, 2.75) is 32.1 Å². The van der Waals surface area contributed by atoms with Crippen LogP contribution in [0.1, 0.15) is 37.7 Å². The third-order valence-electron chi connectivity index (χ3n) is 5.84. The molecule has 6 nitrogen and oxygen atoms in total. The van der Waals surface area contributed by atoms with E-state index < -0.39 is 17.6 Å². The summed E-state index contributed by atoms with van der Waals surface area (Å²) in [6.45, 7) is 1.82. The van der Waals surface area contributed by atoms with Gasteiger partial charge in [0.05, 0.1) is 14.2 Å². The third kappa shape index (κ3) is 3.98. The van der Waals surface area contributed by atoms with Crippen LogP contribution in [0, 0.1) is 5.82 Å². The average molecular weight is 436 g/mol. The largest absolute Gasteiger partial charge is 0.493 e. The number of nitrogens with one attached hydrogen (secondary N) is 2. The molecule has 1 amide bonds. The molecule has 2 aliphatic rings. The van der Waals surface area contributed by atoms with E-state index in [1.54, 1.807) is 32.4 Å². The number of Topliss-reactive ketones (excluding diaryl/α,β-unsaturated/α-hetero) is 1. The van der Waals surface area contributed by atoms with Crippen molar-refractivity contribution in [1.29, 1.82) is 0 Å². The Labute approximate surface area is 186 Å². The summed E-state index contributed by atoms with van der Waals surface area (Å²) >= 11 is 0. The van der Waals surface area contributed by atoms with Gasteiger partial charge in [-0.15, -0.1) is 0 Å². The Kier molecular flexibility index (Phi) is 5.99. The smallest absolute Gasteiger partial charge is 0.254 e. The number of ether oxygens (including phenoxy) is 2. The number of benzene rings is 2. The van der Waals surface area contributed by atoms with E-state index in [-0.39, 0.29) is 5.78 Å². The van der Waals surface area contributed by atoms with Crippen LogP contribution in [-0.4, -0.2) is 25.9 Å². The van der Waals surface area contributed by atoms with Gasteiger partial charge in [0.1, 0.15) is 5.82 Å². The zero-order valence-electron chi connectivity index (χ0n) is 18.3. The van der Waals surface area contributed by atoms with E-state index in [1.165, 1.54) is 18.2 Å². The molecule has 1 aliphatic heterocycles. The van der Waals surface area contributed by atoms with Crippen molar-refractivity contribution in [2.24, 2.45) is 0 Å². The molecular formula is C25H25FN2O4. The molecule has 0 saturated carbocycles. The Morgan fingerprint density at radius 1 is 1.09 bits per heavy atom. The summed E-state index contributed by atoms with van der Waals surface area (Å²) in [5.74, 6) is -0.337. The second kappa shape index (κ2) is 8.86. The monoisotopic (exact) mass is 436 g/mol. The molecule has 0 spiro atoms. The number of dihydropyridines is 1. The quantitative estimate of drug-likeness (QED) is 0.724. The zero-order chi connectivity index (χ0) is 22.8. The highest BCUT2D eigenvalue weighted by molar-refractivity contribution is 6.09. The Balaban J connectivity index is 1.82. The van der Waals surface area contributed by atoms with Crippen LogP contribution in [0.2, 0.25) is 0 Å². The molecule has 166 valence electrons. The van der Waals surface area contributed by atoms with Gasteiger partial charge in [0.25, 0.3) is 5.91 Å². The zero-order valence-corrected chi connectivity index (χ0v) is 18.3. The standard InChI is InChI=1S/C25H25FN2O4/c1-14-22(25(30)28-17-7-4-6-16(26)13-17)23(24-18(27-14)8-5-9-19(24)29)15-10-11-20(31-2)21(12-15)32-3/h4,6-7,10-13,23,27H,5,8-9H2,1-3H3,(H,28,30). The fraction of sp³-hybridized carbons (Fsp3) is 0.280. The summed E-state index contributed by atoms with van der Waals surface area (Å²) in [5, 5.41) is 6.05. The van der Waals surface area contributed by atoms with Crippen LogP contribution in [0.4, 0.5) is 10.1 Å². The van der Waals surface area contributed by atoms with Gasteiger partial charge in [-0.2, -0.15) is 0 Å². The van der Waals surface area contributed by atoms with Crippen molar-refractivity contribution in [3.63, 3.8) is 0 Å². The lowest BCUT2D eigenvalue weighted by molar-refractivity contribution is -0.116. The fourth-order valence-corrected chi connectivity index (χ4v) is 4.41. The van der Waals surface area contributed by atoms with E-state index in [1.807, 2.05) is 13.0 Å². The molecule has 1 atom stereocenters. The number of methoxy groups -OCH3 is 2. The first-order chi connectivity index (χ1) is 15.4. The number of rotatable bonds is 5. The van der Waals surface area contributed by atoms with Gasteiger partial charge in [0.2, 0.25) is 0 Å². The lowest BCUT2D eigenvalue weighted by atomic mass is 9.75. The van der Waals surface area contributed by atoms with E-state index in [9.17, 15) is 14.0 Å². The number of allylic oxidation sites excluding steroid dienone is 3. The van der Waals surface area contributed by atoms with Crippen molar-refractivity contribution in [3.05, 3.63) is 76.4 Å². The molecule has 2 N–H and O–H groups in total. The normalized spacial score (nSPS) is 18.1. The first-order valence-corrected chi connectivity index (χ1v) is 10.5. The van der Waals surface area contributed by atoms with E-state index in [0.29, 0.717) is 40.5 Å². The highest BCUT2D eigenvalue weighted by atomic mass is 19.1. The number of halogens is 1. The second-order valence-electron chi connectivity index (χ2n) is 7.84. The molecule has 0 saturated heterocycles. The SMILES string of the molecule is COc1ccc(C2C(C(=O)Nc3cccc(F)c3)=C(C)NC3=C2C(=O)CCC3)cc1OC. The number of amides is 1. The lowest BCUT2D eigenvalue weighted by Gasteiger charge is -2.34. The Hall–Kier alpha value is -3.61. The van der Waals surface area contributed by atoms with E-state index in [0.717, 1.165) is 24.1 Å². The first kappa shape index (κ1) is 21.6. The Bertz CT molecular complexity index is 1150. The van der Waals surface area contributed by atoms with Gasteiger partial charge >= 0.3 is 0 Å². The third-order valence-corrected chi connectivity index (χ3v) is 5.84. The lowest BCUT2D eigenvalue weighted by Crippen LogP contribution is -2.35. The molecule has 0 bridgehead atoms. The maximum Gasteiger partial charge on any atom is 0.254 e. The van der Waals surface area contributed by atoms with Crippen LogP contribution in [0.5, 0.6) is 11.5 Å². The summed E-state index contributed by atoms with van der Waals surface area (Å²) in [4.78, 5) is 26.4. The number of ketones is 1. The number of hydrogen-bond acceptors (Lipinski definition) is 5. The molecule has 1 aliphatic carbocycles. The van der Waals surface area contributed by atoms with Gasteiger partial charge in [-0.3, -0.25) is 9.59 Å². The molecule has 0 radical (unpaired) electrons. The molecule has 0 fully saturated rings. The van der Waals surface area contributed by atoms with Crippen molar-refractivity contribution < 1.29 is 23.5 Å². The first-order valence-electron chi connectivity index (χ1n) is 10.5. The van der Waals surface area contributed by atoms with Crippen molar-refractivity contribution >= 4 is 17.4 Å². The van der Waals surface area contributed by atoms with Crippen LogP contribution in [0.25, 0.3) is 0 Å². The molecule has 1 heterocycles. The number of anilines is 1. The van der Waals surface area contributed by atoms with E-state index in [2.05, 4.69) is 10.6 Å². The molecule has 4 rings (SSSR count). The minimum Gasteiger partial charge on any atom is -0.493 e. The highest BCUT2D eigenvalue weighted by Gasteiger charge is 2.38. The van der Waals surface area contributed by atoms with Crippen molar-refractivity contribution in [3.8, 4) is 11.5 Å². The number of hydrogen-bond donors (Lipinski definition) is 2. The van der Waals surface area contributed by atoms with Gasteiger partial charge in [-0.1, -0.05) is 12.1 Å². The Morgan fingerprint density at radius 3 is 2.59 bits per heavy atom. The topological polar surface area (TPSA) is 76.7 Å². The molecule has 2 aromatic carbocycles. The predicted octanol–water partition coefficient (Wildman–Crippen LogP) is 4.45. The number of carbonyl (C=O) groups excluding carboxylic acids is 2. The van der Waals surface area contributed by atoms with Crippen molar-refractivity contribution in [2.75, 3.05) is 19.5 Å². The minimum absolute atomic E-state index is 0.0158. The fourth-order valence-electron chi connectivity index (χ4n) is 4.41. The van der Waals surface area contributed by atoms with Crippen LogP contribution in [0.3, 0.4) is 0 Å². The molecule has 7 heteroatoms. The van der Waals surface area contributed by atoms with E-state index >= 15 is 0 Å². The van der Waals surface area contributed by atoms with Gasteiger partial charge in [0, 0.05) is 40.6 Å². The summed E-state index contributed by atoms with van der Waals surface area (Å²) < 4.78 is 24.5. The van der Waals surface area contributed by atoms with Crippen LogP contribution < -0.4 is 20.1 Å². The van der Waals surface area contributed by atoms with Crippen molar-refractivity contribution in [1.82, 2.24) is 5.32 Å². The molecule has 0 aromatic heterocycles. The number of carbonyl (C=O) groups is 2.